The Balaban J connectivity index is 1.49. The molecule has 1 amide bonds. The van der Waals surface area contributed by atoms with Crippen molar-refractivity contribution in [1.82, 2.24) is 19.5 Å². The maximum atomic E-state index is 14.3. The van der Waals surface area contributed by atoms with Gasteiger partial charge in [0, 0.05) is 12.2 Å². The minimum atomic E-state index is -0.614. The van der Waals surface area contributed by atoms with E-state index in [0.717, 1.165) is 36.8 Å². The van der Waals surface area contributed by atoms with Crippen LogP contribution in [0.1, 0.15) is 60.8 Å². The average Bonchev–Trinajstić information content (AvgIpc) is 3.52. The lowest BCUT2D eigenvalue weighted by molar-refractivity contribution is 0.102. The number of hydrogen-bond acceptors (Lipinski definition) is 4. The monoisotopic (exact) mass is 467 g/mol. The highest BCUT2D eigenvalue weighted by Gasteiger charge is 2.25. The topological polar surface area (TPSA) is 95.8 Å². The van der Waals surface area contributed by atoms with Gasteiger partial charge in [0.2, 0.25) is 5.95 Å². The molecular weight excluding hydrogens is 445 g/mol. The highest BCUT2D eigenvalue weighted by Crippen LogP contribution is 2.36. The molecule has 0 spiro atoms. The Labute approximate surface area is 194 Å². The number of amides is 1. The number of benzene rings is 2. The second kappa shape index (κ2) is 8.61. The number of halogens is 2. The standard InChI is InChI=1S/C24H23ClFN5O2/c1-13(32)14-9-10-20-18(11-14)29-24(31(20)15-5-2-3-6-15)30-23(33)19-12-27-22(28-19)21-16(25)7-4-8-17(21)26/h4,7-13,15,32H,2-3,5-6H2,1H3,(H,27,28)(H,29,30,33). The summed E-state index contributed by atoms with van der Waals surface area (Å²) in [5.41, 5.74) is 2.58. The van der Waals surface area contributed by atoms with E-state index in [-0.39, 0.29) is 28.1 Å². The summed E-state index contributed by atoms with van der Waals surface area (Å²) in [6, 6.07) is 10.2. The Kier molecular flexibility index (Phi) is 5.64. The molecule has 1 atom stereocenters. The predicted octanol–water partition coefficient (Wildman–Crippen LogP) is 5.64. The van der Waals surface area contributed by atoms with E-state index in [4.69, 9.17) is 11.6 Å². The zero-order valence-electron chi connectivity index (χ0n) is 18.0. The molecule has 3 N–H and O–H groups in total. The number of rotatable bonds is 5. The first-order chi connectivity index (χ1) is 15.9. The van der Waals surface area contributed by atoms with Crippen LogP contribution in [0.15, 0.2) is 42.6 Å². The SMILES string of the molecule is CC(O)c1ccc2c(c1)nc(NC(=O)c1c[nH]c(-c3c(F)cccc3Cl)n1)n2C1CCCC1. The van der Waals surface area contributed by atoms with Crippen molar-refractivity contribution >= 4 is 34.5 Å². The quantitative estimate of drug-likeness (QED) is 0.354. The van der Waals surface area contributed by atoms with E-state index < -0.39 is 17.8 Å². The van der Waals surface area contributed by atoms with Crippen LogP contribution >= 0.6 is 11.6 Å². The number of aromatic amines is 1. The van der Waals surface area contributed by atoms with Crippen LogP contribution in [-0.2, 0) is 0 Å². The van der Waals surface area contributed by atoms with Crippen molar-refractivity contribution in [3.63, 3.8) is 0 Å². The third kappa shape index (κ3) is 4.00. The molecule has 1 unspecified atom stereocenters. The lowest BCUT2D eigenvalue weighted by Gasteiger charge is -2.16. The Morgan fingerprint density at radius 3 is 2.79 bits per heavy atom. The minimum absolute atomic E-state index is 0.0963. The molecule has 2 heterocycles. The van der Waals surface area contributed by atoms with Crippen molar-refractivity contribution in [2.45, 2.75) is 44.8 Å². The molecule has 0 saturated heterocycles. The summed E-state index contributed by atoms with van der Waals surface area (Å²) in [4.78, 5) is 24.8. The first kappa shape index (κ1) is 21.6. The largest absolute Gasteiger partial charge is 0.389 e. The van der Waals surface area contributed by atoms with Crippen LogP contribution in [0.25, 0.3) is 22.4 Å². The summed E-state index contributed by atoms with van der Waals surface area (Å²) in [6.45, 7) is 1.70. The lowest BCUT2D eigenvalue weighted by atomic mass is 10.1. The predicted molar refractivity (Wildman–Crippen MR) is 125 cm³/mol. The van der Waals surface area contributed by atoms with Gasteiger partial charge >= 0.3 is 0 Å². The van der Waals surface area contributed by atoms with Crippen molar-refractivity contribution in [3.05, 3.63) is 64.7 Å². The number of anilines is 1. The van der Waals surface area contributed by atoms with Gasteiger partial charge in [0.05, 0.1) is 27.7 Å². The van der Waals surface area contributed by atoms with Crippen molar-refractivity contribution in [2.75, 3.05) is 5.32 Å². The van der Waals surface area contributed by atoms with E-state index in [1.54, 1.807) is 13.0 Å². The second-order valence-corrected chi connectivity index (χ2v) is 8.76. The van der Waals surface area contributed by atoms with Crippen LogP contribution in [0.3, 0.4) is 0 Å². The smallest absolute Gasteiger partial charge is 0.278 e. The Hall–Kier alpha value is -3.23. The van der Waals surface area contributed by atoms with Gasteiger partial charge in [-0.3, -0.25) is 10.1 Å². The molecule has 1 saturated carbocycles. The van der Waals surface area contributed by atoms with Gasteiger partial charge in [0.25, 0.3) is 5.91 Å². The number of aromatic nitrogens is 4. The van der Waals surface area contributed by atoms with Crippen LogP contribution in [0.2, 0.25) is 5.02 Å². The fourth-order valence-corrected chi connectivity index (χ4v) is 4.70. The van der Waals surface area contributed by atoms with E-state index in [9.17, 15) is 14.3 Å². The van der Waals surface area contributed by atoms with Gasteiger partial charge in [-0.05, 0) is 49.6 Å². The number of nitrogens with one attached hydrogen (secondary N) is 2. The fraction of sp³-hybridized carbons (Fsp3) is 0.292. The molecule has 1 fully saturated rings. The summed E-state index contributed by atoms with van der Waals surface area (Å²) in [6.07, 6.45) is 5.05. The normalized spacial score (nSPS) is 15.3. The molecule has 2 aromatic heterocycles. The molecular formula is C24H23ClFN5O2. The van der Waals surface area contributed by atoms with Crippen molar-refractivity contribution in [2.24, 2.45) is 0 Å². The third-order valence-corrected chi connectivity index (χ3v) is 6.44. The molecule has 0 aliphatic heterocycles. The minimum Gasteiger partial charge on any atom is -0.389 e. The molecule has 4 aromatic rings. The molecule has 0 radical (unpaired) electrons. The molecule has 0 bridgehead atoms. The highest BCUT2D eigenvalue weighted by molar-refractivity contribution is 6.33. The summed E-state index contributed by atoms with van der Waals surface area (Å²) < 4.78 is 16.3. The summed E-state index contributed by atoms with van der Waals surface area (Å²) in [5, 5.41) is 13.0. The van der Waals surface area contributed by atoms with E-state index in [0.29, 0.717) is 11.5 Å². The van der Waals surface area contributed by atoms with Crippen LogP contribution in [0.5, 0.6) is 0 Å². The van der Waals surface area contributed by atoms with E-state index in [1.807, 2.05) is 18.2 Å². The van der Waals surface area contributed by atoms with Gasteiger partial charge < -0.3 is 14.7 Å². The van der Waals surface area contributed by atoms with Crippen LogP contribution in [0.4, 0.5) is 10.3 Å². The van der Waals surface area contributed by atoms with Crippen LogP contribution < -0.4 is 5.32 Å². The number of H-pyrrole nitrogens is 1. The van der Waals surface area contributed by atoms with E-state index >= 15 is 0 Å². The first-order valence-corrected chi connectivity index (χ1v) is 11.3. The molecule has 9 heteroatoms. The van der Waals surface area contributed by atoms with Crippen LogP contribution in [-0.4, -0.2) is 30.5 Å². The van der Waals surface area contributed by atoms with Gasteiger partial charge in [-0.15, -0.1) is 0 Å². The van der Waals surface area contributed by atoms with Crippen molar-refractivity contribution < 1.29 is 14.3 Å². The van der Waals surface area contributed by atoms with Crippen molar-refractivity contribution in [3.8, 4) is 11.4 Å². The van der Waals surface area contributed by atoms with Gasteiger partial charge in [-0.2, -0.15) is 0 Å². The second-order valence-electron chi connectivity index (χ2n) is 8.35. The zero-order chi connectivity index (χ0) is 23.1. The summed E-state index contributed by atoms with van der Waals surface area (Å²) in [5.74, 6) is -0.386. The number of nitrogens with zero attached hydrogens (tertiary/aromatic N) is 3. The van der Waals surface area contributed by atoms with Gasteiger partial charge in [0.15, 0.2) is 0 Å². The number of fused-ring (bicyclic) bond motifs is 1. The first-order valence-electron chi connectivity index (χ1n) is 10.9. The fourth-order valence-electron chi connectivity index (χ4n) is 4.45. The van der Waals surface area contributed by atoms with E-state index in [2.05, 4.69) is 24.8 Å². The number of carbonyl (C=O) groups is 1. The average molecular weight is 468 g/mol. The molecule has 5 rings (SSSR count). The number of carbonyl (C=O) groups excluding carboxylic acids is 1. The zero-order valence-corrected chi connectivity index (χ0v) is 18.7. The molecule has 170 valence electrons. The number of aliphatic hydroxyl groups is 1. The lowest BCUT2D eigenvalue weighted by Crippen LogP contribution is -2.18. The van der Waals surface area contributed by atoms with Gasteiger partial charge in [0.1, 0.15) is 17.3 Å². The number of hydrogen-bond donors (Lipinski definition) is 3. The molecule has 7 nitrogen and oxygen atoms in total. The van der Waals surface area contributed by atoms with Gasteiger partial charge in [-0.25, -0.2) is 14.4 Å². The summed E-state index contributed by atoms with van der Waals surface area (Å²) in [7, 11) is 0. The Morgan fingerprint density at radius 2 is 2.06 bits per heavy atom. The molecule has 1 aliphatic rings. The number of aliphatic hydroxyl groups excluding tert-OH is 1. The number of imidazole rings is 2. The molecule has 2 aromatic carbocycles. The molecule has 33 heavy (non-hydrogen) atoms. The van der Waals surface area contributed by atoms with Gasteiger partial charge in [-0.1, -0.05) is 36.6 Å². The maximum absolute atomic E-state index is 14.3. The maximum Gasteiger partial charge on any atom is 0.278 e. The Morgan fingerprint density at radius 1 is 1.27 bits per heavy atom. The molecule has 1 aliphatic carbocycles. The highest BCUT2D eigenvalue weighted by atomic mass is 35.5. The van der Waals surface area contributed by atoms with Crippen LogP contribution in [0, 0.1) is 5.82 Å². The third-order valence-electron chi connectivity index (χ3n) is 6.12. The summed E-state index contributed by atoms with van der Waals surface area (Å²) >= 11 is 6.12. The Bertz CT molecular complexity index is 1320. The van der Waals surface area contributed by atoms with E-state index in [1.165, 1.54) is 18.3 Å². The van der Waals surface area contributed by atoms with Crippen molar-refractivity contribution in [1.29, 1.82) is 0 Å².